The number of rotatable bonds is 14. The highest BCUT2D eigenvalue weighted by atomic mass is 35.5. The Balaban J connectivity index is 1.01. The number of hydrogen-bond donors (Lipinski definition) is 16. The van der Waals surface area contributed by atoms with Crippen LogP contribution in [-0.4, -0.2) is 172 Å². The van der Waals surface area contributed by atoms with Gasteiger partial charge in [-0.15, -0.1) is 0 Å². The summed E-state index contributed by atoms with van der Waals surface area (Å²) in [5.41, 5.74) is 15.8. The third-order valence-electron chi connectivity index (χ3n) is 23.0. The first-order valence-electron chi connectivity index (χ1n) is 36.9. The van der Waals surface area contributed by atoms with E-state index >= 15 is 24.0 Å². The molecule has 110 heavy (non-hydrogen) atoms. The molecule has 4 aliphatic carbocycles. The quantitative estimate of drug-likeness (QED) is 0.0712. The van der Waals surface area contributed by atoms with Crippen LogP contribution < -0.4 is 52.7 Å². The molecule has 7 heterocycles. The van der Waals surface area contributed by atoms with Gasteiger partial charge < -0.3 is 113 Å². The molecule has 0 spiro atoms. The molecule has 15 bridgehead atoms. The minimum absolute atomic E-state index is 0.0657. The molecule has 2 saturated heterocycles. The molecule has 0 radical (unpaired) electrons. The summed E-state index contributed by atoms with van der Waals surface area (Å²) in [4.78, 5) is 121. The minimum atomic E-state index is -2.17. The average Bonchev–Trinajstić information content (AvgIpc) is 0.758. The highest BCUT2D eigenvalue weighted by Gasteiger charge is 2.53. The number of primary amides is 1. The number of Topliss-reactive ketones (excluding diaryl/α,β-unsaturated/α-hetero) is 3. The maximum Gasteiger partial charge on any atom is 0.246 e. The van der Waals surface area contributed by atoms with Gasteiger partial charge in [-0.1, -0.05) is 55.2 Å². The number of ketones is 3. The van der Waals surface area contributed by atoms with Crippen molar-refractivity contribution in [3.8, 4) is 57.1 Å². The van der Waals surface area contributed by atoms with E-state index in [4.69, 9.17) is 68.8 Å². The predicted octanol–water partition coefficient (Wildman–Crippen LogP) is 4.77. The third kappa shape index (κ3) is 16.2. The van der Waals surface area contributed by atoms with Crippen LogP contribution in [0.4, 0.5) is 0 Å². The van der Waals surface area contributed by atoms with Gasteiger partial charge in [-0.05, 0) is 170 Å². The van der Waals surface area contributed by atoms with Gasteiger partial charge >= 0.3 is 0 Å². The number of hydrogen-bond acceptors (Lipinski definition) is 25. The van der Waals surface area contributed by atoms with Gasteiger partial charge in [-0.2, -0.15) is 0 Å². The number of phenols is 3. The Morgan fingerprint density at radius 3 is 1.93 bits per heavy atom. The summed E-state index contributed by atoms with van der Waals surface area (Å²) in [6.07, 6.45) is -15.5. The average molecular weight is 1570 g/mol. The van der Waals surface area contributed by atoms with Crippen LogP contribution in [0.5, 0.6) is 46.0 Å². The SMILES string of the molecule is CC(C)C[C@@H](N)C(=O)N[C@H]1C(=O)C[C@@H](CC(N)=O)C(=O)N[C@H]2C(=O)C[C@H]3C(=O)N[C@@H](C(=O)N[C@H](C(=O)CC4C5CC6CC(C5)CC4C6)c4cc(O)cc(O)c4-c4cc3ccc4O)[C@H](O)c3ccc(c(Cl)c3)Oc3cc2cc(c3OC2OC(CO)C(O)C(O)C2OC2CC(C)(N)C(O)C(C)O2)Oc2ccc(cc2Cl)[C@H]1O. The fourth-order valence-corrected chi connectivity index (χ4v) is 18.0. The van der Waals surface area contributed by atoms with Gasteiger partial charge in [-0.25, -0.2) is 0 Å². The zero-order chi connectivity index (χ0) is 79.0. The van der Waals surface area contributed by atoms with Gasteiger partial charge in [0.25, 0.3) is 0 Å². The van der Waals surface area contributed by atoms with E-state index in [0.29, 0.717) is 11.8 Å². The highest BCUT2D eigenvalue weighted by Crippen LogP contribution is 2.58. The van der Waals surface area contributed by atoms with Crippen molar-refractivity contribution >= 4 is 70.1 Å². The van der Waals surface area contributed by atoms with E-state index < -0.39 is 216 Å². The molecule has 18 atom stereocenters. The molecule has 9 unspecified atom stereocenters. The molecule has 5 aromatic rings. The molecule has 16 rings (SSSR count). The predicted molar refractivity (Wildman–Crippen MR) is 390 cm³/mol. The van der Waals surface area contributed by atoms with Gasteiger partial charge in [0, 0.05) is 54.8 Å². The standard InChI is InChI=1S/C78H91Cl2N7O23/c1-30(2)11-48(81)75(103)86-64-51(92)20-40(23-59(82)95)73(101)84-62-39-21-56(106-54-9-6-35(66(64)96)18-46(54)79)70(110-77-71(69(99)68(98)58(29-88)108-77)109-60-28-78(4,83)72(100)31(3)105-60)57(22-39)107-55-10-7-36(19-47(55)80)67(97)65-76(104)85-63(53(94)26-42-37-13-32-12-33(15-37)16-38(42)14-32)45-24-41(89)25-50(91)61(45)44-17-34(5-8-49(44)90)43(27-52(62)93)74(102)87-65/h5-10,17-19,21-22,24-25,30-33,37-38,40,42-43,48,58,60,62-69,71-72,77,88-91,96-100H,11-16,20,23,26-29,81,83H2,1-4H3,(H2,82,95)(H,84,101)(H,85,104)(H,86,103)(H,87,102)/t31?,32?,33?,37?,38?,40-,42?,43+,48+,58?,60?,62+,63-,64-,65+,66+,67+,68?,69?,71?,72?,77?,78?/m0/s1. The first-order valence-corrected chi connectivity index (χ1v) is 37.7. The normalized spacial score (nSPS) is 33.2. The Kier molecular flexibility index (Phi) is 23.0. The van der Waals surface area contributed by atoms with Gasteiger partial charge in [0.05, 0.1) is 46.7 Å². The summed E-state index contributed by atoms with van der Waals surface area (Å²) in [6.45, 7) is 5.67. The summed E-state index contributed by atoms with van der Waals surface area (Å²) >= 11 is 14.3. The largest absolute Gasteiger partial charge is 0.508 e. The first kappa shape index (κ1) is 79.5. The maximum atomic E-state index is 16.4. The molecular weight excluding hydrogens is 1470 g/mol. The lowest BCUT2D eigenvalue weighted by Crippen LogP contribution is -2.64. The molecule has 4 saturated carbocycles. The lowest BCUT2D eigenvalue weighted by atomic mass is 9.51. The second-order valence-corrected chi connectivity index (χ2v) is 32.3. The number of aromatic hydroxyl groups is 3. The number of aliphatic hydroxyl groups excluding tert-OH is 6. The van der Waals surface area contributed by atoms with Crippen LogP contribution in [0, 0.1) is 41.4 Å². The minimum Gasteiger partial charge on any atom is -0.508 e. The number of amides is 5. The van der Waals surface area contributed by atoms with Crippen molar-refractivity contribution in [2.45, 2.75) is 201 Å². The summed E-state index contributed by atoms with van der Waals surface area (Å²) in [7, 11) is 0. The van der Waals surface area contributed by atoms with Crippen LogP contribution in [0.3, 0.4) is 0 Å². The number of phenolic OH excluding ortho intramolecular Hbond substituents is 3. The van der Waals surface area contributed by atoms with Crippen LogP contribution in [-0.2, 0) is 52.6 Å². The third-order valence-corrected chi connectivity index (χ3v) is 23.6. The van der Waals surface area contributed by atoms with Crippen molar-refractivity contribution in [1.82, 2.24) is 21.3 Å². The van der Waals surface area contributed by atoms with E-state index in [1.807, 2.05) is 0 Å². The van der Waals surface area contributed by atoms with Gasteiger partial charge in [0.1, 0.15) is 83.4 Å². The Morgan fingerprint density at radius 2 is 1.33 bits per heavy atom. The van der Waals surface area contributed by atoms with Crippen LogP contribution in [0.1, 0.15) is 156 Å². The molecule has 6 fully saturated rings. The Labute approximate surface area is 641 Å². The number of nitrogens with two attached hydrogens (primary N) is 3. The molecule has 32 heteroatoms. The van der Waals surface area contributed by atoms with E-state index in [0.717, 1.165) is 62.4 Å². The summed E-state index contributed by atoms with van der Waals surface area (Å²) in [5, 5.41) is 116. The molecule has 5 amide bonds. The number of fused-ring (bicyclic) bond motifs is 15. The number of carbonyl (C=O) groups excluding carboxylic acids is 8. The van der Waals surface area contributed by atoms with Crippen molar-refractivity contribution in [2.75, 3.05) is 6.61 Å². The number of nitrogens with one attached hydrogen (secondary N) is 4. The van der Waals surface area contributed by atoms with Crippen molar-refractivity contribution in [1.29, 1.82) is 0 Å². The Morgan fingerprint density at radius 1 is 0.700 bits per heavy atom. The van der Waals surface area contributed by atoms with Crippen LogP contribution in [0.2, 0.25) is 10.0 Å². The van der Waals surface area contributed by atoms with Crippen LogP contribution >= 0.6 is 23.2 Å². The van der Waals surface area contributed by atoms with Crippen molar-refractivity contribution in [3.63, 3.8) is 0 Å². The smallest absolute Gasteiger partial charge is 0.246 e. The summed E-state index contributed by atoms with van der Waals surface area (Å²) in [5.74, 6) is -15.2. The second kappa shape index (κ2) is 31.9. The van der Waals surface area contributed by atoms with E-state index in [-0.39, 0.29) is 103 Å². The zero-order valence-corrected chi connectivity index (χ0v) is 62.0. The van der Waals surface area contributed by atoms with Crippen molar-refractivity contribution < 1.29 is 113 Å². The molecule has 0 aromatic heterocycles. The van der Waals surface area contributed by atoms with Crippen LogP contribution in [0.15, 0.2) is 78.9 Å². The van der Waals surface area contributed by atoms with Crippen LogP contribution in [0.25, 0.3) is 11.1 Å². The molecular formula is C78H91Cl2N7O23. The molecule has 5 aromatic carbocycles. The Bertz CT molecular complexity index is 4420. The Hall–Kier alpha value is -8.60. The number of ether oxygens (including phenoxy) is 6. The molecule has 590 valence electrons. The van der Waals surface area contributed by atoms with Gasteiger partial charge in [-0.3, -0.25) is 38.4 Å². The lowest BCUT2D eigenvalue weighted by molar-refractivity contribution is -0.333. The summed E-state index contributed by atoms with van der Waals surface area (Å²) in [6, 6.07) is 5.99. The van der Waals surface area contributed by atoms with Gasteiger partial charge in [0.15, 0.2) is 41.2 Å². The van der Waals surface area contributed by atoms with Crippen molar-refractivity contribution in [2.24, 2.45) is 58.6 Å². The molecule has 30 nitrogen and oxygen atoms in total. The topological polar surface area (TPSA) is 500 Å². The van der Waals surface area contributed by atoms with Crippen molar-refractivity contribution in [3.05, 3.63) is 117 Å². The van der Waals surface area contributed by atoms with E-state index in [1.165, 1.54) is 62.4 Å². The lowest BCUT2D eigenvalue weighted by Gasteiger charge is -2.54. The molecule has 7 aliphatic heterocycles. The number of halogens is 2. The number of carbonyl (C=O) groups is 8. The zero-order valence-electron chi connectivity index (χ0n) is 60.5. The fourth-order valence-electron chi connectivity index (χ4n) is 17.6. The van der Waals surface area contributed by atoms with E-state index in [2.05, 4.69) is 21.3 Å². The van der Waals surface area contributed by atoms with E-state index in [1.54, 1.807) is 13.8 Å². The monoisotopic (exact) mass is 1560 g/mol. The molecule has 19 N–H and O–H groups in total. The van der Waals surface area contributed by atoms with E-state index in [9.17, 15) is 60.3 Å². The highest BCUT2D eigenvalue weighted by molar-refractivity contribution is 6.32. The second-order valence-electron chi connectivity index (χ2n) is 31.5. The number of benzene rings is 5. The van der Waals surface area contributed by atoms with Gasteiger partial charge in [0.2, 0.25) is 41.6 Å². The maximum absolute atomic E-state index is 16.4. The first-order chi connectivity index (χ1) is 52.1. The number of aliphatic hydroxyl groups is 6. The molecule has 11 aliphatic rings. The fraction of sp³-hybridized carbons (Fsp3) is 0.513. The summed E-state index contributed by atoms with van der Waals surface area (Å²) < 4.78 is 38.8.